The van der Waals surface area contributed by atoms with Gasteiger partial charge < -0.3 is 19.8 Å². The third-order valence-electron chi connectivity index (χ3n) is 3.15. The lowest BCUT2D eigenvalue weighted by Crippen LogP contribution is -2.39. The lowest BCUT2D eigenvalue weighted by Gasteiger charge is -2.16. The number of rotatable bonds is 7. The Morgan fingerprint density at radius 2 is 2.26 bits per heavy atom. The summed E-state index contributed by atoms with van der Waals surface area (Å²) < 4.78 is 11.2. The van der Waals surface area contributed by atoms with Crippen molar-refractivity contribution in [3.05, 3.63) is 48.2 Å². The summed E-state index contributed by atoms with van der Waals surface area (Å²) in [5, 5.41) is 6.54. The highest BCUT2D eigenvalue weighted by Gasteiger charge is 2.11. The maximum atomic E-state index is 5.63. The predicted octanol–water partition coefficient (Wildman–Crippen LogP) is 2.68. The number of nitrogens with one attached hydrogen (secondary N) is 2. The molecule has 1 atom stereocenters. The molecule has 0 aliphatic heterocycles. The van der Waals surface area contributed by atoms with E-state index in [0.29, 0.717) is 13.2 Å². The number of nitrogens with zero attached hydrogens (tertiary/aromatic N) is 2. The van der Waals surface area contributed by atoms with Crippen LogP contribution in [0.15, 0.2) is 46.1 Å². The Hall–Kier alpha value is -2.50. The Morgan fingerprint density at radius 3 is 2.91 bits per heavy atom. The van der Waals surface area contributed by atoms with E-state index in [0.717, 1.165) is 29.8 Å². The average molecular weight is 316 g/mol. The fourth-order valence-electron chi connectivity index (χ4n) is 2.04. The molecule has 0 aliphatic carbocycles. The minimum Gasteiger partial charge on any atom is -0.490 e. The highest BCUT2D eigenvalue weighted by molar-refractivity contribution is 5.80. The van der Waals surface area contributed by atoms with Gasteiger partial charge in [-0.3, -0.25) is 4.98 Å². The first-order chi connectivity index (χ1) is 11.2. The average Bonchev–Trinajstić information content (AvgIpc) is 2.99. The standard InChI is InChI=1S/C17H24N4O2/c1-4-19-17(21-14(3)16-8-7-13(2)23-16)20-10-11-22-15-6-5-9-18-12-15/h5-9,12,14H,4,10-11H2,1-3H3,(H2,19,20,21). The molecule has 2 N–H and O–H groups in total. The summed E-state index contributed by atoms with van der Waals surface area (Å²) in [5.74, 6) is 3.28. The van der Waals surface area contributed by atoms with Gasteiger partial charge in [0, 0.05) is 12.7 Å². The third kappa shape index (κ3) is 5.65. The fourth-order valence-corrected chi connectivity index (χ4v) is 2.04. The van der Waals surface area contributed by atoms with Crippen molar-refractivity contribution in [3.63, 3.8) is 0 Å². The summed E-state index contributed by atoms with van der Waals surface area (Å²) in [7, 11) is 0. The van der Waals surface area contributed by atoms with Crippen LogP contribution in [-0.2, 0) is 0 Å². The molecule has 6 heteroatoms. The fraction of sp³-hybridized carbons (Fsp3) is 0.412. The first kappa shape index (κ1) is 16.9. The third-order valence-corrected chi connectivity index (χ3v) is 3.15. The van der Waals surface area contributed by atoms with Gasteiger partial charge in [-0.15, -0.1) is 0 Å². The van der Waals surface area contributed by atoms with Gasteiger partial charge >= 0.3 is 0 Å². The highest BCUT2D eigenvalue weighted by atomic mass is 16.5. The Balaban J connectivity index is 1.84. The smallest absolute Gasteiger partial charge is 0.191 e. The molecule has 0 spiro atoms. The molecule has 0 saturated carbocycles. The van der Waals surface area contributed by atoms with Crippen molar-refractivity contribution in [3.8, 4) is 5.75 Å². The first-order valence-corrected chi connectivity index (χ1v) is 7.83. The topological polar surface area (TPSA) is 71.7 Å². The molecule has 0 aromatic carbocycles. The normalized spacial score (nSPS) is 12.7. The molecule has 2 rings (SSSR count). The van der Waals surface area contributed by atoms with E-state index in [2.05, 4.69) is 20.6 Å². The van der Waals surface area contributed by atoms with Gasteiger partial charge in [0.15, 0.2) is 5.96 Å². The van der Waals surface area contributed by atoms with Gasteiger partial charge in [0.2, 0.25) is 0 Å². The quantitative estimate of drug-likeness (QED) is 0.467. The van der Waals surface area contributed by atoms with Crippen LogP contribution in [0, 0.1) is 6.92 Å². The Morgan fingerprint density at radius 1 is 1.39 bits per heavy atom. The van der Waals surface area contributed by atoms with Gasteiger partial charge in [-0.1, -0.05) is 0 Å². The molecule has 23 heavy (non-hydrogen) atoms. The van der Waals surface area contributed by atoms with Gasteiger partial charge in [-0.05, 0) is 45.0 Å². The van der Waals surface area contributed by atoms with Crippen molar-refractivity contribution in [2.45, 2.75) is 26.8 Å². The number of hydrogen-bond acceptors (Lipinski definition) is 4. The number of ether oxygens (including phenoxy) is 1. The zero-order valence-corrected chi connectivity index (χ0v) is 13.9. The van der Waals surface area contributed by atoms with Crippen LogP contribution in [0.2, 0.25) is 0 Å². The number of aryl methyl sites for hydroxylation is 1. The van der Waals surface area contributed by atoms with E-state index < -0.39 is 0 Å². The molecule has 124 valence electrons. The zero-order valence-electron chi connectivity index (χ0n) is 13.9. The lowest BCUT2D eigenvalue weighted by molar-refractivity contribution is 0.327. The molecular formula is C17H24N4O2. The number of furan rings is 1. The van der Waals surface area contributed by atoms with Crippen molar-refractivity contribution < 1.29 is 9.15 Å². The monoisotopic (exact) mass is 316 g/mol. The van der Waals surface area contributed by atoms with Gasteiger partial charge in [0.05, 0.1) is 18.8 Å². The molecule has 0 fully saturated rings. The molecule has 2 heterocycles. The van der Waals surface area contributed by atoms with Crippen LogP contribution in [0.25, 0.3) is 0 Å². The van der Waals surface area contributed by atoms with E-state index in [4.69, 9.17) is 9.15 Å². The molecule has 0 saturated heterocycles. The van der Waals surface area contributed by atoms with E-state index in [1.807, 2.05) is 45.0 Å². The van der Waals surface area contributed by atoms with Crippen molar-refractivity contribution in [2.24, 2.45) is 4.99 Å². The molecule has 2 aromatic rings. The van der Waals surface area contributed by atoms with Crippen LogP contribution < -0.4 is 15.4 Å². The van der Waals surface area contributed by atoms with Crippen LogP contribution in [0.1, 0.15) is 31.4 Å². The SMILES string of the molecule is CCNC(=NCCOc1cccnc1)NC(C)c1ccc(C)o1. The van der Waals surface area contributed by atoms with Crippen molar-refractivity contribution in [1.82, 2.24) is 15.6 Å². The summed E-state index contributed by atoms with van der Waals surface area (Å²) in [4.78, 5) is 8.52. The van der Waals surface area contributed by atoms with Crippen LogP contribution in [-0.4, -0.2) is 30.6 Å². The van der Waals surface area contributed by atoms with Crippen LogP contribution >= 0.6 is 0 Å². The molecule has 2 aromatic heterocycles. The second-order valence-corrected chi connectivity index (χ2v) is 5.11. The van der Waals surface area contributed by atoms with Crippen LogP contribution in [0.3, 0.4) is 0 Å². The summed E-state index contributed by atoms with van der Waals surface area (Å²) in [6.45, 7) is 7.84. The summed E-state index contributed by atoms with van der Waals surface area (Å²) in [5.41, 5.74) is 0. The largest absolute Gasteiger partial charge is 0.490 e. The van der Waals surface area contributed by atoms with E-state index in [-0.39, 0.29) is 6.04 Å². The molecule has 0 radical (unpaired) electrons. The molecule has 0 bridgehead atoms. The molecular weight excluding hydrogens is 292 g/mol. The van der Waals surface area contributed by atoms with E-state index in [1.54, 1.807) is 12.4 Å². The first-order valence-electron chi connectivity index (χ1n) is 7.83. The number of aliphatic imine (C=N–C) groups is 1. The van der Waals surface area contributed by atoms with Crippen molar-refractivity contribution >= 4 is 5.96 Å². The van der Waals surface area contributed by atoms with Gasteiger partial charge in [0.25, 0.3) is 0 Å². The van der Waals surface area contributed by atoms with Crippen LogP contribution in [0.5, 0.6) is 5.75 Å². The van der Waals surface area contributed by atoms with Gasteiger partial charge in [-0.2, -0.15) is 0 Å². The van der Waals surface area contributed by atoms with E-state index >= 15 is 0 Å². The summed E-state index contributed by atoms with van der Waals surface area (Å²) in [6, 6.07) is 7.70. The Labute approximate surface area is 137 Å². The van der Waals surface area contributed by atoms with Gasteiger partial charge in [0.1, 0.15) is 23.9 Å². The Bertz CT molecular complexity index is 610. The molecule has 6 nitrogen and oxygen atoms in total. The summed E-state index contributed by atoms with van der Waals surface area (Å²) in [6.07, 6.45) is 3.41. The number of pyridine rings is 1. The van der Waals surface area contributed by atoms with Crippen LogP contribution in [0.4, 0.5) is 0 Å². The molecule has 0 aliphatic rings. The summed E-state index contributed by atoms with van der Waals surface area (Å²) >= 11 is 0. The Kier molecular flexibility index (Phi) is 6.47. The number of hydrogen-bond donors (Lipinski definition) is 2. The predicted molar refractivity (Wildman–Crippen MR) is 90.7 cm³/mol. The number of aromatic nitrogens is 1. The molecule has 1 unspecified atom stereocenters. The highest BCUT2D eigenvalue weighted by Crippen LogP contribution is 2.15. The van der Waals surface area contributed by atoms with E-state index in [1.165, 1.54) is 0 Å². The number of guanidine groups is 1. The second kappa shape index (κ2) is 8.82. The van der Waals surface area contributed by atoms with Crippen molar-refractivity contribution in [1.29, 1.82) is 0 Å². The lowest BCUT2D eigenvalue weighted by atomic mass is 10.2. The molecule has 0 amide bonds. The van der Waals surface area contributed by atoms with Gasteiger partial charge in [-0.25, -0.2) is 4.99 Å². The second-order valence-electron chi connectivity index (χ2n) is 5.11. The minimum atomic E-state index is 0.0424. The van der Waals surface area contributed by atoms with Crippen molar-refractivity contribution in [2.75, 3.05) is 19.7 Å². The zero-order chi connectivity index (χ0) is 16.5. The maximum absolute atomic E-state index is 5.63. The van der Waals surface area contributed by atoms with E-state index in [9.17, 15) is 0 Å². The maximum Gasteiger partial charge on any atom is 0.191 e. The minimum absolute atomic E-state index is 0.0424.